The van der Waals surface area contributed by atoms with Crippen molar-refractivity contribution in [2.45, 2.75) is 51.0 Å². The van der Waals surface area contributed by atoms with Gasteiger partial charge in [0, 0.05) is 19.5 Å². The summed E-state index contributed by atoms with van der Waals surface area (Å²) in [6.45, 7) is 3.09. The van der Waals surface area contributed by atoms with Gasteiger partial charge in [0.2, 0.25) is 5.91 Å². The number of nitrogens with zero attached hydrogens (tertiary/aromatic N) is 2. The van der Waals surface area contributed by atoms with Crippen molar-refractivity contribution in [1.29, 1.82) is 0 Å². The van der Waals surface area contributed by atoms with Crippen LogP contribution in [0, 0.1) is 10.6 Å². The van der Waals surface area contributed by atoms with Gasteiger partial charge in [0.1, 0.15) is 11.6 Å². The summed E-state index contributed by atoms with van der Waals surface area (Å²) in [7, 11) is 0. The summed E-state index contributed by atoms with van der Waals surface area (Å²) >= 11 is 5.23. The Hall–Kier alpha value is -2.02. The number of rotatable bonds is 6. The number of aryl methyl sites for hydroxylation is 1. The number of carbonyl (C=O) groups is 1. The first kappa shape index (κ1) is 17.8. The summed E-state index contributed by atoms with van der Waals surface area (Å²) < 4.78 is 15.7. The van der Waals surface area contributed by atoms with E-state index in [1.807, 2.05) is 11.5 Å². The van der Waals surface area contributed by atoms with Crippen LogP contribution in [0.25, 0.3) is 0 Å². The van der Waals surface area contributed by atoms with Gasteiger partial charge in [-0.3, -0.25) is 9.89 Å². The van der Waals surface area contributed by atoms with E-state index in [2.05, 4.69) is 15.5 Å². The van der Waals surface area contributed by atoms with Gasteiger partial charge in [-0.25, -0.2) is 4.39 Å². The molecule has 1 saturated carbocycles. The molecule has 0 aliphatic heterocycles. The molecule has 0 bridgehead atoms. The number of benzene rings is 1. The van der Waals surface area contributed by atoms with E-state index in [-0.39, 0.29) is 11.7 Å². The van der Waals surface area contributed by atoms with Crippen LogP contribution in [-0.2, 0) is 23.2 Å². The highest BCUT2D eigenvalue weighted by molar-refractivity contribution is 7.71. The molecule has 1 amide bonds. The third-order valence-electron chi connectivity index (χ3n) is 5.06. The summed E-state index contributed by atoms with van der Waals surface area (Å²) in [5.74, 6) is 0.622. The topological polar surface area (TPSA) is 62.7 Å². The minimum absolute atomic E-state index is 0.0182. The Morgan fingerprint density at radius 1 is 1.36 bits per heavy atom. The first-order valence-corrected chi connectivity index (χ1v) is 9.16. The quantitative estimate of drug-likeness (QED) is 0.775. The Kier molecular flexibility index (Phi) is 5.32. The molecule has 2 aromatic rings. The molecule has 25 heavy (non-hydrogen) atoms. The maximum absolute atomic E-state index is 13.2. The normalized spacial score (nSPS) is 16.1. The number of aromatic amines is 1. The number of amides is 1. The molecule has 7 heteroatoms. The highest BCUT2D eigenvalue weighted by Gasteiger charge is 2.42. The molecule has 0 unspecified atom stereocenters. The van der Waals surface area contributed by atoms with E-state index in [1.165, 1.54) is 12.1 Å². The van der Waals surface area contributed by atoms with Crippen LogP contribution in [0.4, 0.5) is 4.39 Å². The van der Waals surface area contributed by atoms with Crippen LogP contribution in [0.15, 0.2) is 24.3 Å². The van der Waals surface area contributed by atoms with Crippen LogP contribution in [0.3, 0.4) is 0 Å². The van der Waals surface area contributed by atoms with E-state index in [1.54, 1.807) is 12.1 Å². The zero-order valence-electron chi connectivity index (χ0n) is 14.3. The van der Waals surface area contributed by atoms with Crippen LogP contribution in [0.2, 0.25) is 0 Å². The summed E-state index contributed by atoms with van der Waals surface area (Å²) in [6, 6.07) is 6.34. The number of halogens is 1. The largest absolute Gasteiger partial charge is 0.354 e. The first-order valence-electron chi connectivity index (χ1n) is 8.75. The predicted octanol–water partition coefficient (Wildman–Crippen LogP) is 3.27. The molecule has 1 aliphatic carbocycles. The van der Waals surface area contributed by atoms with Gasteiger partial charge in [0.25, 0.3) is 0 Å². The van der Waals surface area contributed by atoms with Gasteiger partial charge < -0.3 is 9.88 Å². The first-order chi connectivity index (χ1) is 12.1. The number of aromatic nitrogens is 3. The number of hydrogen-bond acceptors (Lipinski definition) is 3. The molecule has 1 heterocycles. The molecule has 1 aromatic carbocycles. The molecule has 1 aromatic heterocycles. The van der Waals surface area contributed by atoms with Crippen molar-refractivity contribution in [3.63, 3.8) is 0 Å². The van der Waals surface area contributed by atoms with Crippen molar-refractivity contribution in [3.05, 3.63) is 46.2 Å². The second kappa shape index (κ2) is 7.47. The van der Waals surface area contributed by atoms with E-state index in [4.69, 9.17) is 12.2 Å². The lowest BCUT2D eigenvalue weighted by Crippen LogP contribution is -2.43. The third kappa shape index (κ3) is 3.51. The maximum atomic E-state index is 13.2. The molecular weight excluding hydrogens is 339 g/mol. The smallest absolute Gasteiger partial charge is 0.230 e. The van der Waals surface area contributed by atoms with Crippen molar-refractivity contribution < 1.29 is 9.18 Å². The average Bonchev–Trinajstić information content (AvgIpc) is 3.24. The third-order valence-corrected chi connectivity index (χ3v) is 5.37. The van der Waals surface area contributed by atoms with Crippen molar-refractivity contribution in [2.75, 3.05) is 6.54 Å². The van der Waals surface area contributed by atoms with E-state index >= 15 is 0 Å². The molecule has 0 radical (unpaired) electrons. The van der Waals surface area contributed by atoms with Gasteiger partial charge in [0.05, 0.1) is 5.41 Å². The van der Waals surface area contributed by atoms with Crippen LogP contribution in [0.5, 0.6) is 0 Å². The number of H-pyrrole nitrogens is 1. The van der Waals surface area contributed by atoms with Crippen LogP contribution in [-0.4, -0.2) is 27.2 Å². The van der Waals surface area contributed by atoms with Crippen molar-refractivity contribution >= 4 is 18.1 Å². The van der Waals surface area contributed by atoms with Crippen molar-refractivity contribution in [3.8, 4) is 0 Å². The van der Waals surface area contributed by atoms with Gasteiger partial charge in [-0.15, -0.1) is 0 Å². The number of nitrogens with one attached hydrogen (secondary N) is 2. The van der Waals surface area contributed by atoms with E-state index in [0.717, 1.165) is 43.5 Å². The Morgan fingerprint density at radius 2 is 2.04 bits per heavy atom. The zero-order valence-corrected chi connectivity index (χ0v) is 15.2. The fourth-order valence-electron chi connectivity index (χ4n) is 3.70. The molecule has 3 rings (SSSR count). The molecule has 2 N–H and O–H groups in total. The van der Waals surface area contributed by atoms with Gasteiger partial charge in [0.15, 0.2) is 4.77 Å². The highest BCUT2D eigenvalue weighted by atomic mass is 32.1. The molecule has 0 atom stereocenters. The molecule has 0 saturated heterocycles. The number of hydrogen-bond donors (Lipinski definition) is 2. The minimum Gasteiger partial charge on any atom is -0.354 e. The standard InChI is InChI=1S/C18H23FN4OS/c1-2-15-21-22-17(25)23(15)12-11-20-16(24)18(9-3-4-10-18)13-5-7-14(19)8-6-13/h5-8H,2-4,9-12H2,1H3,(H,20,24)(H,22,25). The highest BCUT2D eigenvalue weighted by Crippen LogP contribution is 2.41. The zero-order chi connectivity index (χ0) is 17.9. The van der Waals surface area contributed by atoms with Crippen LogP contribution in [0.1, 0.15) is 44.0 Å². The Labute approximate surface area is 151 Å². The van der Waals surface area contributed by atoms with E-state index < -0.39 is 5.41 Å². The molecule has 1 fully saturated rings. The Bertz CT molecular complexity index is 790. The predicted molar refractivity (Wildman–Crippen MR) is 96.3 cm³/mol. The summed E-state index contributed by atoms with van der Waals surface area (Å²) in [4.78, 5) is 13.0. The summed E-state index contributed by atoms with van der Waals surface area (Å²) in [5.41, 5.74) is 0.358. The number of carbonyl (C=O) groups excluding carboxylic acids is 1. The summed E-state index contributed by atoms with van der Waals surface area (Å²) in [5, 5.41) is 10.0. The second-order valence-corrected chi connectivity index (χ2v) is 6.89. The van der Waals surface area contributed by atoms with E-state index in [9.17, 15) is 9.18 Å². The minimum atomic E-state index is -0.543. The van der Waals surface area contributed by atoms with Gasteiger partial charge in [-0.2, -0.15) is 5.10 Å². The molecule has 5 nitrogen and oxygen atoms in total. The fraction of sp³-hybridized carbons (Fsp3) is 0.500. The average molecular weight is 362 g/mol. The van der Waals surface area contributed by atoms with E-state index in [0.29, 0.717) is 17.9 Å². The Morgan fingerprint density at radius 3 is 2.68 bits per heavy atom. The van der Waals surface area contributed by atoms with Gasteiger partial charge in [-0.1, -0.05) is 31.9 Å². The molecule has 0 spiro atoms. The summed E-state index contributed by atoms with van der Waals surface area (Å²) in [6.07, 6.45) is 4.40. The van der Waals surface area contributed by atoms with Crippen molar-refractivity contribution in [2.24, 2.45) is 0 Å². The second-order valence-electron chi connectivity index (χ2n) is 6.50. The lowest BCUT2D eigenvalue weighted by molar-refractivity contribution is -0.126. The van der Waals surface area contributed by atoms with Crippen molar-refractivity contribution in [1.82, 2.24) is 20.1 Å². The monoisotopic (exact) mass is 362 g/mol. The SMILES string of the molecule is CCc1n[nH]c(=S)n1CCNC(=O)C1(c2ccc(F)cc2)CCCC1. The lowest BCUT2D eigenvalue weighted by Gasteiger charge is -2.28. The van der Waals surface area contributed by atoms with Gasteiger partial charge >= 0.3 is 0 Å². The molecule has 134 valence electrons. The van der Waals surface area contributed by atoms with Crippen LogP contribution >= 0.6 is 12.2 Å². The molecule has 1 aliphatic rings. The van der Waals surface area contributed by atoms with Crippen LogP contribution < -0.4 is 5.32 Å². The maximum Gasteiger partial charge on any atom is 0.230 e. The van der Waals surface area contributed by atoms with Gasteiger partial charge in [-0.05, 0) is 42.8 Å². The fourth-order valence-corrected chi connectivity index (χ4v) is 3.94. The molecular formula is C18H23FN4OS. The lowest BCUT2D eigenvalue weighted by atomic mass is 9.78. The Balaban J connectivity index is 1.71.